The molecule has 0 radical (unpaired) electrons. The molecule has 0 fully saturated rings. The predicted molar refractivity (Wildman–Crippen MR) is 131 cm³/mol. The SMILES string of the molecule is NCCN.O=C(c1ccccc1)N1CCc2ccccc2C1.c1ccc2c(c1)CCNC2. The van der Waals surface area contributed by atoms with E-state index in [9.17, 15) is 4.79 Å². The van der Waals surface area contributed by atoms with Gasteiger partial charge in [-0.3, -0.25) is 4.79 Å². The molecule has 3 aromatic carbocycles. The Bertz CT molecular complexity index is 947. The van der Waals surface area contributed by atoms with Crippen LogP contribution in [-0.4, -0.2) is 37.0 Å². The largest absolute Gasteiger partial charge is 0.334 e. The number of nitrogens with zero attached hydrogens (tertiary/aromatic N) is 1. The van der Waals surface area contributed by atoms with E-state index in [4.69, 9.17) is 11.5 Å². The predicted octanol–water partition coefficient (Wildman–Crippen LogP) is 3.12. The maximum atomic E-state index is 12.3. The van der Waals surface area contributed by atoms with Crippen molar-refractivity contribution >= 4 is 5.91 Å². The Balaban J connectivity index is 0.000000173. The summed E-state index contributed by atoms with van der Waals surface area (Å²) in [5.41, 5.74) is 16.2. The summed E-state index contributed by atoms with van der Waals surface area (Å²) in [5, 5.41) is 3.34. The van der Waals surface area contributed by atoms with E-state index in [1.54, 1.807) is 0 Å². The van der Waals surface area contributed by atoms with Gasteiger partial charge in [0.05, 0.1) is 0 Å². The molecule has 0 aromatic heterocycles. The monoisotopic (exact) mass is 430 g/mol. The van der Waals surface area contributed by atoms with Crippen molar-refractivity contribution in [3.05, 3.63) is 107 Å². The van der Waals surface area contributed by atoms with Gasteiger partial charge in [-0.05, 0) is 53.8 Å². The number of nitrogens with one attached hydrogen (secondary N) is 1. The van der Waals surface area contributed by atoms with Crippen molar-refractivity contribution in [3.8, 4) is 0 Å². The zero-order chi connectivity index (χ0) is 22.6. The number of carbonyl (C=O) groups excluding carboxylic acids is 1. The number of benzene rings is 3. The molecule has 0 unspecified atom stereocenters. The van der Waals surface area contributed by atoms with Crippen molar-refractivity contribution < 1.29 is 4.79 Å². The van der Waals surface area contributed by atoms with Crippen molar-refractivity contribution in [2.75, 3.05) is 26.2 Å². The first-order valence-electron chi connectivity index (χ1n) is 11.3. The number of carbonyl (C=O) groups is 1. The Kier molecular flexibility index (Phi) is 9.44. The fourth-order valence-corrected chi connectivity index (χ4v) is 3.85. The highest BCUT2D eigenvalue weighted by atomic mass is 16.2. The van der Waals surface area contributed by atoms with Crippen LogP contribution in [0.4, 0.5) is 0 Å². The molecule has 5 heteroatoms. The number of rotatable bonds is 2. The minimum Gasteiger partial charge on any atom is -0.334 e. The Morgan fingerprint density at radius 2 is 1.31 bits per heavy atom. The molecule has 0 atom stereocenters. The average molecular weight is 431 g/mol. The summed E-state index contributed by atoms with van der Waals surface area (Å²) in [6.45, 7) is 4.92. The Morgan fingerprint density at radius 3 is 1.94 bits per heavy atom. The molecule has 168 valence electrons. The van der Waals surface area contributed by atoms with E-state index in [0.717, 1.165) is 38.2 Å². The van der Waals surface area contributed by atoms with Crippen molar-refractivity contribution in [2.24, 2.45) is 11.5 Å². The van der Waals surface area contributed by atoms with Gasteiger partial charge in [0.1, 0.15) is 0 Å². The van der Waals surface area contributed by atoms with Gasteiger partial charge >= 0.3 is 0 Å². The van der Waals surface area contributed by atoms with Crippen molar-refractivity contribution in [1.82, 2.24) is 10.2 Å². The normalized spacial score (nSPS) is 14.0. The molecule has 3 aromatic rings. The lowest BCUT2D eigenvalue weighted by atomic mass is 9.99. The standard InChI is InChI=1S/C16H15NO.C9H11N.C2H8N2/c18-16(14-7-2-1-3-8-14)17-11-10-13-6-4-5-9-15(13)12-17;1-2-4-9-7-10-6-5-8(9)3-1;3-1-2-4/h1-9H,10-12H2;1-4,10H,5-7H2;1-4H2. The van der Waals surface area contributed by atoms with E-state index in [0.29, 0.717) is 13.1 Å². The first-order chi connectivity index (χ1) is 15.7. The smallest absolute Gasteiger partial charge is 0.254 e. The first kappa shape index (κ1) is 23.7. The second kappa shape index (κ2) is 12.8. The number of hydrogen-bond donors (Lipinski definition) is 3. The summed E-state index contributed by atoms with van der Waals surface area (Å²) in [7, 11) is 0. The van der Waals surface area contributed by atoms with Crippen LogP contribution in [0.15, 0.2) is 78.9 Å². The van der Waals surface area contributed by atoms with Gasteiger partial charge in [-0.25, -0.2) is 0 Å². The highest BCUT2D eigenvalue weighted by molar-refractivity contribution is 5.94. The lowest BCUT2D eigenvalue weighted by molar-refractivity contribution is 0.0734. The molecule has 1 amide bonds. The molecule has 5 nitrogen and oxygen atoms in total. The number of fused-ring (bicyclic) bond motifs is 2. The van der Waals surface area contributed by atoms with Gasteiger partial charge < -0.3 is 21.7 Å². The molecule has 5 rings (SSSR count). The zero-order valence-electron chi connectivity index (χ0n) is 18.7. The molecule has 2 aliphatic rings. The van der Waals surface area contributed by atoms with Crippen LogP contribution < -0.4 is 16.8 Å². The van der Waals surface area contributed by atoms with Crippen LogP contribution in [0, 0.1) is 0 Å². The lowest BCUT2D eigenvalue weighted by Gasteiger charge is -2.28. The van der Waals surface area contributed by atoms with E-state index in [1.807, 2.05) is 41.3 Å². The average Bonchev–Trinajstić information content (AvgIpc) is 2.89. The second-order valence-electron chi connectivity index (χ2n) is 7.88. The van der Waals surface area contributed by atoms with Gasteiger partial charge in [0.25, 0.3) is 5.91 Å². The lowest BCUT2D eigenvalue weighted by Crippen LogP contribution is -2.35. The zero-order valence-corrected chi connectivity index (χ0v) is 18.7. The maximum absolute atomic E-state index is 12.3. The van der Waals surface area contributed by atoms with E-state index >= 15 is 0 Å². The van der Waals surface area contributed by atoms with Crippen LogP contribution in [-0.2, 0) is 25.9 Å². The number of nitrogens with two attached hydrogens (primary N) is 2. The molecular weight excluding hydrogens is 396 g/mol. The van der Waals surface area contributed by atoms with Crippen LogP contribution in [0.2, 0.25) is 0 Å². The fraction of sp³-hybridized carbons (Fsp3) is 0.296. The van der Waals surface area contributed by atoms with Crippen molar-refractivity contribution in [2.45, 2.75) is 25.9 Å². The highest BCUT2D eigenvalue weighted by Crippen LogP contribution is 2.20. The molecule has 2 aliphatic heterocycles. The van der Waals surface area contributed by atoms with E-state index in [2.05, 4.69) is 47.8 Å². The van der Waals surface area contributed by atoms with Gasteiger partial charge in [0.15, 0.2) is 0 Å². The minimum atomic E-state index is 0.130. The molecule has 0 saturated carbocycles. The van der Waals surface area contributed by atoms with E-state index in [-0.39, 0.29) is 5.91 Å². The molecule has 32 heavy (non-hydrogen) atoms. The third-order valence-electron chi connectivity index (χ3n) is 5.61. The third kappa shape index (κ3) is 6.76. The number of amides is 1. The molecule has 0 spiro atoms. The number of hydrogen-bond acceptors (Lipinski definition) is 4. The van der Waals surface area contributed by atoms with Gasteiger partial charge in [0.2, 0.25) is 0 Å². The van der Waals surface area contributed by atoms with Gasteiger partial charge in [0, 0.05) is 38.3 Å². The Labute approximate surface area is 191 Å². The third-order valence-corrected chi connectivity index (χ3v) is 5.61. The molecule has 2 heterocycles. The van der Waals surface area contributed by atoms with E-state index < -0.39 is 0 Å². The van der Waals surface area contributed by atoms with Gasteiger partial charge in [-0.15, -0.1) is 0 Å². The highest BCUT2D eigenvalue weighted by Gasteiger charge is 2.20. The fourth-order valence-electron chi connectivity index (χ4n) is 3.85. The maximum Gasteiger partial charge on any atom is 0.254 e. The summed E-state index contributed by atoms with van der Waals surface area (Å²) in [4.78, 5) is 14.3. The molecule has 0 aliphatic carbocycles. The van der Waals surface area contributed by atoms with Crippen LogP contribution in [0.3, 0.4) is 0 Å². The van der Waals surface area contributed by atoms with Crippen molar-refractivity contribution in [1.29, 1.82) is 0 Å². The van der Waals surface area contributed by atoms with Gasteiger partial charge in [-0.2, -0.15) is 0 Å². The van der Waals surface area contributed by atoms with Gasteiger partial charge in [-0.1, -0.05) is 66.7 Å². The Hall–Kier alpha value is -2.99. The molecular formula is C27H34N4O. The van der Waals surface area contributed by atoms with Crippen LogP contribution >= 0.6 is 0 Å². The quantitative estimate of drug-likeness (QED) is 0.583. The molecule has 0 saturated heterocycles. The van der Waals surface area contributed by atoms with E-state index in [1.165, 1.54) is 28.7 Å². The summed E-state index contributed by atoms with van der Waals surface area (Å²) < 4.78 is 0. The summed E-state index contributed by atoms with van der Waals surface area (Å²) >= 11 is 0. The Morgan fingerprint density at radius 1 is 0.750 bits per heavy atom. The summed E-state index contributed by atoms with van der Waals surface area (Å²) in [5.74, 6) is 0.130. The summed E-state index contributed by atoms with van der Waals surface area (Å²) in [6, 6.07) is 26.5. The topological polar surface area (TPSA) is 84.4 Å². The van der Waals surface area contributed by atoms with Crippen LogP contribution in [0.25, 0.3) is 0 Å². The van der Waals surface area contributed by atoms with Crippen LogP contribution in [0.5, 0.6) is 0 Å². The van der Waals surface area contributed by atoms with Crippen LogP contribution in [0.1, 0.15) is 32.6 Å². The summed E-state index contributed by atoms with van der Waals surface area (Å²) in [6.07, 6.45) is 2.14. The van der Waals surface area contributed by atoms with Crippen molar-refractivity contribution in [3.63, 3.8) is 0 Å². The second-order valence-corrected chi connectivity index (χ2v) is 7.88. The molecule has 5 N–H and O–H groups in total. The minimum absolute atomic E-state index is 0.130. The first-order valence-corrected chi connectivity index (χ1v) is 11.3. The molecule has 0 bridgehead atoms.